The molecule has 0 atom stereocenters. The molecular formula is C42H34BN. The Balaban J connectivity index is 1.45. The summed E-state index contributed by atoms with van der Waals surface area (Å²) in [6.45, 7) is 14.2. The van der Waals surface area contributed by atoms with E-state index in [1.165, 1.54) is 98.5 Å². The molecule has 0 bridgehead atoms. The zero-order chi connectivity index (χ0) is 29.9. The molecule has 44 heavy (non-hydrogen) atoms. The standard InChI is InChI=1S/C42H34BN/c1-41(2,3)26-16-18-34-30(20-26)31-21-27(42(4,5)6)22-33-40(31)44(34)35-12-8-11-29-28-17-15-24-14-13-23-9-7-10-25-19-32(43(33)39(29)35)38(28)37(24)36(23)25/h7-22H,1-6H3. The minimum absolute atomic E-state index is 0.0273. The summed E-state index contributed by atoms with van der Waals surface area (Å²) in [5, 5.41) is 11.0. The van der Waals surface area contributed by atoms with E-state index < -0.39 is 0 Å². The van der Waals surface area contributed by atoms with Gasteiger partial charge in [0.05, 0.1) is 5.52 Å². The molecule has 0 fully saturated rings. The molecule has 2 heteroatoms. The molecule has 2 aliphatic heterocycles. The average molecular weight is 564 g/mol. The molecule has 0 spiro atoms. The zero-order valence-electron chi connectivity index (χ0n) is 26.3. The topological polar surface area (TPSA) is 4.93 Å². The van der Waals surface area contributed by atoms with Crippen molar-refractivity contribution in [3.05, 3.63) is 108 Å². The largest absolute Gasteiger partial charge is 0.310 e. The predicted molar refractivity (Wildman–Crippen MR) is 192 cm³/mol. The third-order valence-corrected chi connectivity index (χ3v) is 10.8. The number of aromatic nitrogens is 1. The van der Waals surface area contributed by atoms with E-state index in [1.807, 2.05) is 0 Å². The second-order valence-electron chi connectivity index (χ2n) is 15.4. The Hall–Kier alpha value is -4.56. The van der Waals surface area contributed by atoms with E-state index in [-0.39, 0.29) is 17.5 Å². The predicted octanol–water partition coefficient (Wildman–Crippen LogP) is 9.09. The van der Waals surface area contributed by atoms with E-state index in [0.717, 1.165) is 0 Å². The first-order chi connectivity index (χ1) is 21.1. The van der Waals surface area contributed by atoms with Gasteiger partial charge in [-0.3, -0.25) is 0 Å². The van der Waals surface area contributed by atoms with Crippen molar-refractivity contribution in [3.8, 4) is 16.8 Å². The van der Waals surface area contributed by atoms with Crippen LogP contribution in [-0.4, -0.2) is 11.3 Å². The average Bonchev–Trinajstić information content (AvgIpc) is 3.33. The fraction of sp³-hybridized carbons (Fsp3) is 0.190. The van der Waals surface area contributed by atoms with E-state index in [0.29, 0.717) is 0 Å². The van der Waals surface area contributed by atoms with Crippen LogP contribution in [0.2, 0.25) is 0 Å². The van der Waals surface area contributed by atoms with E-state index in [4.69, 9.17) is 0 Å². The SMILES string of the molecule is CC(C)(C)c1ccc2c(c1)c1cc(C(C)(C)C)cc3c1n2-c1cccc2c1B3c1cc3cccc4ccc5ccc-2c1c5c43. The number of nitrogens with zero attached hydrogens (tertiary/aromatic N) is 1. The number of hydrogen-bond acceptors (Lipinski definition) is 0. The van der Waals surface area contributed by atoms with Crippen LogP contribution < -0.4 is 16.4 Å². The van der Waals surface area contributed by atoms with Gasteiger partial charge in [0.25, 0.3) is 0 Å². The van der Waals surface area contributed by atoms with Gasteiger partial charge < -0.3 is 4.57 Å². The first kappa shape index (κ1) is 24.8. The summed E-state index contributed by atoms with van der Waals surface area (Å²) in [7, 11) is 0. The van der Waals surface area contributed by atoms with E-state index in [1.54, 1.807) is 0 Å². The maximum atomic E-state index is 2.59. The van der Waals surface area contributed by atoms with Crippen molar-refractivity contribution in [2.24, 2.45) is 0 Å². The van der Waals surface area contributed by atoms with Gasteiger partial charge in [0.1, 0.15) is 0 Å². The van der Waals surface area contributed by atoms with E-state index in [9.17, 15) is 0 Å². The lowest BCUT2D eigenvalue weighted by Gasteiger charge is -2.35. The van der Waals surface area contributed by atoms with Gasteiger partial charge in [-0.15, -0.1) is 0 Å². The Morgan fingerprint density at radius 1 is 0.523 bits per heavy atom. The summed E-state index contributed by atoms with van der Waals surface area (Å²) in [4.78, 5) is 0. The third-order valence-electron chi connectivity index (χ3n) is 10.8. The summed E-state index contributed by atoms with van der Waals surface area (Å²) < 4.78 is 2.59. The van der Waals surface area contributed by atoms with Crippen LogP contribution in [0, 0.1) is 0 Å². The highest BCUT2D eigenvalue weighted by Crippen LogP contribution is 2.44. The van der Waals surface area contributed by atoms with Crippen LogP contribution in [0.15, 0.2) is 97.1 Å². The molecule has 0 N–H and O–H groups in total. The van der Waals surface area contributed by atoms with Crippen LogP contribution in [0.3, 0.4) is 0 Å². The number of hydrogen-bond donors (Lipinski definition) is 0. The summed E-state index contributed by atoms with van der Waals surface area (Å²) in [5.74, 6) is 0. The smallest absolute Gasteiger partial charge is 0.248 e. The molecule has 0 saturated heterocycles. The molecule has 10 rings (SSSR count). The van der Waals surface area contributed by atoms with Crippen molar-refractivity contribution in [2.75, 3.05) is 0 Å². The molecule has 0 radical (unpaired) electrons. The van der Waals surface area contributed by atoms with Crippen molar-refractivity contribution in [2.45, 2.75) is 52.4 Å². The molecule has 3 heterocycles. The summed E-state index contributed by atoms with van der Waals surface area (Å²) >= 11 is 0. The molecule has 0 unspecified atom stereocenters. The molecule has 1 aromatic heterocycles. The van der Waals surface area contributed by atoms with Gasteiger partial charge in [-0.2, -0.15) is 0 Å². The van der Waals surface area contributed by atoms with Gasteiger partial charge in [0.15, 0.2) is 0 Å². The first-order valence-electron chi connectivity index (χ1n) is 16.1. The number of rotatable bonds is 0. The van der Waals surface area contributed by atoms with Gasteiger partial charge in [-0.05, 0) is 101 Å². The Morgan fingerprint density at radius 2 is 1.23 bits per heavy atom. The Bertz CT molecular complexity index is 2570. The summed E-state index contributed by atoms with van der Waals surface area (Å²) in [5.41, 5.74) is 14.0. The second kappa shape index (κ2) is 7.74. The van der Waals surface area contributed by atoms with Crippen LogP contribution in [0.1, 0.15) is 52.7 Å². The zero-order valence-corrected chi connectivity index (χ0v) is 26.3. The molecular weight excluding hydrogens is 529 g/mol. The molecule has 7 aromatic carbocycles. The first-order valence-corrected chi connectivity index (χ1v) is 16.1. The van der Waals surface area contributed by atoms with Gasteiger partial charge in [-0.25, -0.2) is 0 Å². The van der Waals surface area contributed by atoms with Crippen molar-refractivity contribution in [3.63, 3.8) is 0 Å². The van der Waals surface area contributed by atoms with Crippen LogP contribution in [-0.2, 0) is 10.8 Å². The van der Waals surface area contributed by atoms with Gasteiger partial charge >= 0.3 is 0 Å². The summed E-state index contributed by atoms with van der Waals surface area (Å²) in [6, 6.07) is 38.0. The minimum atomic E-state index is 0.0273. The van der Waals surface area contributed by atoms with Crippen LogP contribution in [0.4, 0.5) is 0 Å². The Morgan fingerprint density at radius 3 is 2.02 bits per heavy atom. The lowest BCUT2D eigenvalue weighted by Crippen LogP contribution is -2.58. The molecule has 0 aliphatic carbocycles. The molecule has 1 nitrogen and oxygen atoms in total. The van der Waals surface area contributed by atoms with E-state index in [2.05, 4.69) is 143 Å². The van der Waals surface area contributed by atoms with Gasteiger partial charge in [-0.1, -0.05) is 120 Å². The minimum Gasteiger partial charge on any atom is -0.310 e. The maximum Gasteiger partial charge on any atom is 0.248 e. The van der Waals surface area contributed by atoms with Crippen molar-refractivity contribution >= 4 is 77.2 Å². The van der Waals surface area contributed by atoms with Gasteiger partial charge in [0, 0.05) is 22.0 Å². The second-order valence-corrected chi connectivity index (χ2v) is 15.4. The maximum absolute atomic E-state index is 2.59. The molecule has 210 valence electrons. The lowest BCUT2D eigenvalue weighted by molar-refractivity contribution is 0.590. The van der Waals surface area contributed by atoms with Crippen molar-refractivity contribution in [1.82, 2.24) is 4.57 Å². The monoisotopic (exact) mass is 563 g/mol. The van der Waals surface area contributed by atoms with Crippen molar-refractivity contribution in [1.29, 1.82) is 0 Å². The third kappa shape index (κ3) is 2.92. The van der Waals surface area contributed by atoms with Crippen LogP contribution in [0.25, 0.3) is 70.9 Å². The highest BCUT2D eigenvalue weighted by molar-refractivity contribution is 7.01. The molecule has 0 amide bonds. The highest BCUT2D eigenvalue weighted by atomic mass is 15.0. The van der Waals surface area contributed by atoms with E-state index >= 15 is 0 Å². The quantitative estimate of drug-likeness (QED) is 0.128. The molecule has 2 aliphatic rings. The normalized spacial score (nSPS) is 14.1. The molecule has 0 saturated carbocycles. The van der Waals surface area contributed by atoms with Crippen LogP contribution >= 0.6 is 0 Å². The number of benzene rings is 7. The molecule has 8 aromatic rings. The Labute approximate surface area is 258 Å². The summed E-state index contributed by atoms with van der Waals surface area (Å²) in [6.07, 6.45) is 0. The number of fused-ring (bicyclic) bond motifs is 7. The fourth-order valence-electron chi connectivity index (χ4n) is 8.65. The van der Waals surface area contributed by atoms with Gasteiger partial charge in [0.2, 0.25) is 6.71 Å². The lowest BCUT2D eigenvalue weighted by atomic mass is 9.32. The van der Waals surface area contributed by atoms with Crippen LogP contribution in [0.5, 0.6) is 0 Å². The Kier molecular flexibility index (Phi) is 4.37. The fourth-order valence-corrected chi connectivity index (χ4v) is 8.65. The highest BCUT2D eigenvalue weighted by Gasteiger charge is 2.41. The van der Waals surface area contributed by atoms with Crippen molar-refractivity contribution < 1.29 is 0 Å².